The minimum atomic E-state index is -1.08. The molecule has 1 saturated heterocycles. The van der Waals surface area contributed by atoms with Gasteiger partial charge in [-0.3, -0.25) is 4.79 Å². The molecule has 1 heterocycles. The van der Waals surface area contributed by atoms with Gasteiger partial charge in [-0.15, -0.1) is 6.58 Å². The first kappa shape index (κ1) is 12.7. The van der Waals surface area contributed by atoms with Crippen molar-refractivity contribution in [3.8, 4) is 0 Å². The average molecular weight is 228 g/mol. The summed E-state index contributed by atoms with van der Waals surface area (Å²) in [6.45, 7) is 4.01. The zero-order valence-electron chi connectivity index (χ0n) is 8.89. The van der Waals surface area contributed by atoms with Crippen LogP contribution in [0.4, 0.5) is 0 Å². The number of aliphatic carboxylic acids is 1. The molecule has 4 N–H and O–H groups in total. The molecule has 0 aliphatic carbocycles. The van der Waals surface area contributed by atoms with Crippen LogP contribution < -0.4 is 11.1 Å². The molecule has 0 aromatic heterocycles. The number of carbonyl (C=O) groups is 2. The third-order valence-corrected chi connectivity index (χ3v) is 2.48. The fourth-order valence-corrected chi connectivity index (χ4v) is 1.51. The van der Waals surface area contributed by atoms with E-state index >= 15 is 0 Å². The van der Waals surface area contributed by atoms with Crippen molar-refractivity contribution in [3.05, 3.63) is 12.7 Å². The monoisotopic (exact) mass is 228 g/mol. The van der Waals surface area contributed by atoms with E-state index in [4.69, 9.17) is 15.6 Å². The number of carboxylic acid groups (broad SMARTS) is 1. The van der Waals surface area contributed by atoms with E-state index < -0.39 is 17.9 Å². The van der Waals surface area contributed by atoms with Crippen LogP contribution in [0.1, 0.15) is 6.42 Å². The van der Waals surface area contributed by atoms with Gasteiger partial charge >= 0.3 is 5.97 Å². The average Bonchev–Trinajstić information content (AvgIpc) is 2.63. The predicted molar refractivity (Wildman–Crippen MR) is 56.7 cm³/mol. The van der Waals surface area contributed by atoms with Gasteiger partial charge in [0.1, 0.15) is 6.04 Å². The van der Waals surface area contributed by atoms with Gasteiger partial charge in [-0.2, -0.15) is 0 Å². The normalized spacial score (nSPS) is 26.1. The van der Waals surface area contributed by atoms with Crippen LogP contribution in [0, 0.1) is 5.92 Å². The SMILES string of the molecule is C=CCC(NC(=O)C1COCC1N)C(=O)O. The smallest absolute Gasteiger partial charge is 0.326 e. The fourth-order valence-electron chi connectivity index (χ4n) is 1.51. The quantitative estimate of drug-likeness (QED) is 0.530. The van der Waals surface area contributed by atoms with Crippen molar-refractivity contribution in [2.75, 3.05) is 13.2 Å². The molecule has 1 fully saturated rings. The van der Waals surface area contributed by atoms with Crippen molar-refractivity contribution >= 4 is 11.9 Å². The molecule has 3 unspecified atom stereocenters. The Bertz CT molecular complexity index is 293. The molecule has 6 heteroatoms. The standard InChI is InChI=1S/C10H16N2O4/c1-2-3-8(10(14)15)12-9(13)6-4-16-5-7(6)11/h2,6-8H,1,3-5,11H2,(H,12,13)(H,14,15). The van der Waals surface area contributed by atoms with E-state index in [0.29, 0.717) is 6.61 Å². The Labute approximate surface area is 93.4 Å². The molecule has 16 heavy (non-hydrogen) atoms. The Morgan fingerprint density at radius 3 is 2.75 bits per heavy atom. The van der Waals surface area contributed by atoms with Crippen LogP contribution in [0.5, 0.6) is 0 Å². The number of hydrogen-bond donors (Lipinski definition) is 3. The minimum absolute atomic E-state index is 0.184. The Balaban J connectivity index is 2.53. The molecule has 0 bridgehead atoms. The van der Waals surface area contributed by atoms with E-state index in [1.165, 1.54) is 6.08 Å². The molecule has 0 aromatic rings. The second-order valence-corrected chi connectivity index (χ2v) is 3.73. The van der Waals surface area contributed by atoms with E-state index in [0.717, 1.165) is 0 Å². The lowest BCUT2D eigenvalue weighted by Crippen LogP contribution is -2.47. The molecular formula is C10H16N2O4. The second-order valence-electron chi connectivity index (χ2n) is 3.73. The van der Waals surface area contributed by atoms with E-state index in [9.17, 15) is 9.59 Å². The number of carbonyl (C=O) groups excluding carboxylic acids is 1. The maximum absolute atomic E-state index is 11.7. The van der Waals surface area contributed by atoms with Gasteiger partial charge in [0, 0.05) is 6.04 Å². The molecule has 6 nitrogen and oxygen atoms in total. The number of amides is 1. The number of carboxylic acids is 1. The van der Waals surface area contributed by atoms with Crippen LogP contribution in [-0.4, -0.2) is 42.3 Å². The first-order valence-corrected chi connectivity index (χ1v) is 5.03. The molecule has 0 radical (unpaired) electrons. The summed E-state index contributed by atoms with van der Waals surface area (Å²) >= 11 is 0. The maximum Gasteiger partial charge on any atom is 0.326 e. The summed E-state index contributed by atoms with van der Waals surface area (Å²) in [4.78, 5) is 22.5. The molecule has 1 amide bonds. The third kappa shape index (κ3) is 3.04. The summed E-state index contributed by atoms with van der Waals surface area (Å²) in [5.74, 6) is -1.92. The van der Waals surface area contributed by atoms with Gasteiger partial charge in [0.05, 0.1) is 19.1 Å². The minimum Gasteiger partial charge on any atom is -0.480 e. The Morgan fingerprint density at radius 2 is 2.31 bits per heavy atom. The highest BCUT2D eigenvalue weighted by Crippen LogP contribution is 2.12. The summed E-state index contributed by atoms with van der Waals surface area (Å²) < 4.78 is 5.04. The lowest BCUT2D eigenvalue weighted by Gasteiger charge is -2.17. The molecule has 1 aliphatic heterocycles. The van der Waals surface area contributed by atoms with Crippen molar-refractivity contribution in [1.82, 2.24) is 5.32 Å². The first-order chi connectivity index (χ1) is 7.56. The molecule has 0 saturated carbocycles. The van der Waals surface area contributed by atoms with Gasteiger partial charge in [-0.1, -0.05) is 6.08 Å². The zero-order chi connectivity index (χ0) is 12.1. The summed E-state index contributed by atoms with van der Waals surface area (Å²) in [6.07, 6.45) is 1.63. The van der Waals surface area contributed by atoms with Crippen molar-refractivity contribution in [2.45, 2.75) is 18.5 Å². The number of nitrogens with one attached hydrogen (secondary N) is 1. The lowest BCUT2D eigenvalue weighted by molar-refractivity contribution is -0.142. The number of ether oxygens (including phenoxy) is 1. The van der Waals surface area contributed by atoms with Gasteiger partial charge in [0.25, 0.3) is 0 Å². The van der Waals surface area contributed by atoms with Crippen molar-refractivity contribution < 1.29 is 19.4 Å². The lowest BCUT2D eigenvalue weighted by atomic mass is 10.0. The first-order valence-electron chi connectivity index (χ1n) is 5.03. The van der Waals surface area contributed by atoms with Crippen molar-refractivity contribution in [2.24, 2.45) is 11.7 Å². The van der Waals surface area contributed by atoms with Crippen molar-refractivity contribution in [3.63, 3.8) is 0 Å². The van der Waals surface area contributed by atoms with E-state index in [1.807, 2.05) is 0 Å². The van der Waals surface area contributed by atoms with Gasteiger partial charge in [0.15, 0.2) is 0 Å². The van der Waals surface area contributed by atoms with E-state index in [-0.39, 0.29) is 25.0 Å². The fraction of sp³-hybridized carbons (Fsp3) is 0.600. The maximum atomic E-state index is 11.7. The Hall–Kier alpha value is -1.40. The van der Waals surface area contributed by atoms with E-state index in [1.54, 1.807) is 0 Å². The molecule has 0 aromatic carbocycles. The molecule has 90 valence electrons. The highest BCUT2D eigenvalue weighted by molar-refractivity contribution is 5.85. The van der Waals surface area contributed by atoms with Crippen LogP contribution in [0.25, 0.3) is 0 Å². The summed E-state index contributed by atoms with van der Waals surface area (Å²) in [7, 11) is 0. The Morgan fingerprint density at radius 1 is 1.62 bits per heavy atom. The number of hydrogen-bond acceptors (Lipinski definition) is 4. The van der Waals surface area contributed by atoms with Gasteiger partial charge in [0.2, 0.25) is 5.91 Å². The summed E-state index contributed by atoms with van der Waals surface area (Å²) in [5.41, 5.74) is 5.65. The number of rotatable bonds is 5. The molecule has 1 aliphatic rings. The molecule has 0 spiro atoms. The molecule has 1 rings (SSSR count). The Kier molecular flexibility index (Phi) is 4.45. The topological polar surface area (TPSA) is 102 Å². The number of nitrogens with two attached hydrogens (primary N) is 1. The van der Waals surface area contributed by atoms with Gasteiger partial charge < -0.3 is 20.9 Å². The summed E-state index contributed by atoms with van der Waals surface area (Å²) in [5, 5.41) is 11.3. The molecular weight excluding hydrogens is 212 g/mol. The van der Waals surface area contributed by atoms with E-state index in [2.05, 4.69) is 11.9 Å². The highest BCUT2D eigenvalue weighted by atomic mass is 16.5. The second kappa shape index (κ2) is 5.62. The van der Waals surface area contributed by atoms with Gasteiger partial charge in [-0.05, 0) is 6.42 Å². The van der Waals surface area contributed by atoms with Gasteiger partial charge in [-0.25, -0.2) is 4.79 Å². The van der Waals surface area contributed by atoms with Crippen molar-refractivity contribution in [1.29, 1.82) is 0 Å². The van der Waals surface area contributed by atoms with Crippen LogP contribution in [0.2, 0.25) is 0 Å². The van der Waals surface area contributed by atoms with Crippen LogP contribution in [-0.2, 0) is 14.3 Å². The predicted octanol–water partition coefficient (Wildman–Crippen LogP) is -0.894. The molecule has 3 atom stereocenters. The van der Waals surface area contributed by atoms with Crippen LogP contribution in [0.15, 0.2) is 12.7 Å². The zero-order valence-corrected chi connectivity index (χ0v) is 8.89. The van der Waals surface area contributed by atoms with Crippen LogP contribution >= 0.6 is 0 Å². The largest absolute Gasteiger partial charge is 0.480 e. The summed E-state index contributed by atoms with van der Waals surface area (Å²) in [6, 6.07) is -1.31. The third-order valence-electron chi connectivity index (χ3n) is 2.48. The highest BCUT2D eigenvalue weighted by Gasteiger charge is 2.33. The van der Waals surface area contributed by atoms with Crippen LogP contribution in [0.3, 0.4) is 0 Å².